The third kappa shape index (κ3) is 2.81. The van der Waals surface area contributed by atoms with Gasteiger partial charge in [-0.15, -0.1) is 16.4 Å². The monoisotopic (exact) mass is 334 g/mol. The molecule has 2 aromatic heterocycles. The first-order chi connectivity index (χ1) is 11.2. The second-order valence-corrected chi connectivity index (χ2v) is 6.78. The highest BCUT2D eigenvalue weighted by Gasteiger charge is 2.37. The normalized spacial score (nSPS) is 23.4. The van der Waals surface area contributed by atoms with Crippen LogP contribution < -0.4 is 5.73 Å². The van der Waals surface area contributed by atoms with Gasteiger partial charge in [0, 0.05) is 24.9 Å². The number of amides is 1. The molecule has 0 aliphatic carbocycles. The van der Waals surface area contributed by atoms with Crippen LogP contribution in [0.1, 0.15) is 30.3 Å². The molecule has 1 fully saturated rings. The molecular formula is C14H18N6O2S. The number of hydrogen-bond donors (Lipinski definition) is 1. The van der Waals surface area contributed by atoms with E-state index in [1.165, 1.54) is 11.3 Å². The summed E-state index contributed by atoms with van der Waals surface area (Å²) in [6.07, 6.45) is 3.75. The van der Waals surface area contributed by atoms with Gasteiger partial charge in [-0.25, -0.2) is 9.67 Å². The summed E-state index contributed by atoms with van der Waals surface area (Å²) in [5, 5.41) is 10.6. The highest BCUT2D eigenvalue weighted by Crippen LogP contribution is 2.30. The van der Waals surface area contributed by atoms with E-state index < -0.39 is 0 Å². The molecule has 0 unspecified atom stereocenters. The van der Waals surface area contributed by atoms with E-state index in [2.05, 4.69) is 15.3 Å². The minimum atomic E-state index is 0.0638. The fourth-order valence-electron chi connectivity index (χ4n) is 3.24. The van der Waals surface area contributed by atoms with Crippen molar-refractivity contribution in [2.24, 2.45) is 0 Å². The number of nitrogen functional groups attached to an aromatic ring is 1. The van der Waals surface area contributed by atoms with E-state index in [1.807, 2.05) is 15.0 Å². The highest BCUT2D eigenvalue weighted by atomic mass is 32.1. The van der Waals surface area contributed by atoms with Crippen molar-refractivity contribution in [1.82, 2.24) is 24.9 Å². The van der Waals surface area contributed by atoms with Crippen molar-refractivity contribution < 1.29 is 9.53 Å². The van der Waals surface area contributed by atoms with Crippen LogP contribution in [0.3, 0.4) is 0 Å². The molecule has 0 saturated carbocycles. The number of thiazole rings is 1. The van der Waals surface area contributed by atoms with Crippen molar-refractivity contribution in [1.29, 1.82) is 0 Å². The number of fused-ring (bicyclic) bond motifs is 3. The van der Waals surface area contributed by atoms with Gasteiger partial charge in [0.15, 0.2) is 5.13 Å². The van der Waals surface area contributed by atoms with Crippen molar-refractivity contribution in [3.63, 3.8) is 0 Å². The van der Waals surface area contributed by atoms with Crippen LogP contribution in [0.4, 0.5) is 5.13 Å². The molecule has 23 heavy (non-hydrogen) atoms. The quantitative estimate of drug-likeness (QED) is 0.883. The van der Waals surface area contributed by atoms with Crippen molar-refractivity contribution in [2.75, 3.05) is 18.8 Å². The molecule has 2 aliphatic rings. The van der Waals surface area contributed by atoms with Gasteiger partial charge < -0.3 is 15.4 Å². The van der Waals surface area contributed by atoms with Crippen LogP contribution in [0.5, 0.6) is 0 Å². The summed E-state index contributed by atoms with van der Waals surface area (Å²) in [7, 11) is 0. The number of rotatable bonds is 3. The summed E-state index contributed by atoms with van der Waals surface area (Å²) >= 11 is 1.41. The Hall–Kier alpha value is -2.00. The molecular weight excluding hydrogens is 316 g/mol. The van der Waals surface area contributed by atoms with Gasteiger partial charge in [0.1, 0.15) is 0 Å². The summed E-state index contributed by atoms with van der Waals surface area (Å²) in [4.78, 5) is 18.6. The second kappa shape index (κ2) is 5.89. The largest absolute Gasteiger partial charge is 0.375 e. The summed E-state index contributed by atoms with van der Waals surface area (Å²) in [6.45, 7) is 1.90. The summed E-state index contributed by atoms with van der Waals surface area (Å²) in [5.41, 5.74) is 7.47. The first-order valence-electron chi connectivity index (χ1n) is 7.69. The molecule has 4 rings (SSSR count). The molecule has 0 aromatic carbocycles. The third-order valence-corrected chi connectivity index (χ3v) is 5.17. The average Bonchev–Trinajstić information content (AvgIpc) is 3.20. The van der Waals surface area contributed by atoms with Crippen molar-refractivity contribution >= 4 is 22.4 Å². The molecule has 2 N–H and O–H groups in total. The maximum atomic E-state index is 12.5. The smallest absolute Gasteiger partial charge is 0.223 e. The van der Waals surface area contributed by atoms with Gasteiger partial charge in [0.2, 0.25) is 5.91 Å². The third-order valence-electron chi connectivity index (χ3n) is 4.45. The lowest BCUT2D eigenvalue weighted by molar-refractivity contribution is -0.138. The molecule has 2 aliphatic heterocycles. The number of aromatic nitrogens is 4. The lowest BCUT2D eigenvalue weighted by Gasteiger charge is -2.41. The van der Waals surface area contributed by atoms with E-state index in [9.17, 15) is 4.79 Å². The minimum absolute atomic E-state index is 0.0638. The molecule has 4 heterocycles. The molecule has 0 spiro atoms. The highest BCUT2D eigenvalue weighted by molar-refractivity contribution is 7.13. The number of carbonyl (C=O) groups is 1. The maximum Gasteiger partial charge on any atom is 0.223 e. The summed E-state index contributed by atoms with van der Waals surface area (Å²) in [6, 6.07) is 0.0638. The van der Waals surface area contributed by atoms with Gasteiger partial charge in [0.05, 0.1) is 36.3 Å². The number of nitrogens with zero attached hydrogens (tertiary/aromatic N) is 5. The van der Waals surface area contributed by atoms with Gasteiger partial charge in [0.25, 0.3) is 0 Å². The zero-order chi connectivity index (χ0) is 15.8. The topological polar surface area (TPSA) is 99.2 Å². The standard InChI is InChI=1S/C14H18N6O2S/c15-14-17-9(8-23-14)1-2-13(21)19-4-3-12-11(6-19)20-10(7-22-12)5-16-18-20/h5,8,11-12H,1-4,6-7H2,(H2,15,17)/t11-,12+/m0/s1. The Morgan fingerprint density at radius 2 is 2.43 bits per heavy atom. The number of likely N-dealkylation sites (tertiary alicyclic amines) is 1. The molecule has 122 valence electrons. The van der Waals surface area contributed by atoms with E-state index in [1.54, 1.807) is 6.20 Å². The number of carbonyl (C=O) groups excluding carboxylic acids is 1. The van der Waals surface area contributed by atoms with Crippen LogP contribution in [0.2, 0.25) is 0 Å². The first-order valence-corrected chi connectivity index (χ1v) is 8.57. The Morgan fingerprint density at radius 1 is 1.52 bits per heavy atom. The first kappa shape index (κ1) is 14.6. The van der Waals surface area contributed by atoms with Gasteiger partial charge in [-0.05, 0) is 12.8 Å². The lowest BCUT2D eigenvalue weighted by atomic mass is 10.00. The number of ether oxygens (including phenoxy) is 1. The SMILES string of the molecule is Nc1nc(CCC(=O)N2CC[C@H]3OCc4cnnn4[C@H]3C2)cs1. The maximum absolute atomic E-state index is 12.5. The van der Waals surface area contributed by atoms with E-state index in [0.717, 1.165) is 24.4 Å². The van der Waals surface area contributed by atoms with Crippen LogP contribution in [0, 0.1) is 0 Å². The van der Waals surface area contributed by atoms with Gasteiger partial charge in [-0.2, -0.15) is 0 Å². The average molecular weight is 334 g/mol. The molecule has 1 amide bonds. The summed E-state index contributed by atoms with van der Waals surface area (Å²) < 4.78 is 7.78. The van der Waals surface area contributed by atoms with Crippen LogP contribution in [0.15, 0.2) is 11.6 Å². The predicted octanol–water partition coefficient (Wildman–Crippen LogP) is 0.622. The Kier molecular flexibility index (Phi) is 3.74. The van der Waals surface area contributed by atoms with Crippen LogP contribution in [-0.2, 0) is 22.6 Å². The minimum Gasteiger partial charge on any atom is -0.375 e. The molecule has 2 aromatic rings. The number of nitrogens with two attached hydrogens (primary N) is 1. The van der Waals surface area contributed by atoms with Crippen molar-refractivity contribution in [2.45, 2.75) is 38.0 Å². The van der Waals surface area contributed by atoms with E-state index in [4.69, 9.17) is 10.5 Å². The molecule has 9 heteroatoms. The predicted molar refractivity (Wildman–Crippen MR) is 83.7 cm³/mol. The second-order valence-electron chi connectivity index (χ2n) is 5.89. The fourth-order valence-corrected chi connectivity index (χ4v) is 3.83. The van der Waals surface area contributed by atoms with Crippen LogP contribution >= 0.6 is 11.3 Å². The number of piperidine rings is 1. The molecule has 8 nitrogen and oxygen atoms in total. The molecule has 2 atom stereocenters. The number of anilines is 1. The van der Waals surface area contributed by atoms with Gasteiger partial charge >= 0.3 is 0 Å². The Balaban J connectivity index is 1.40. The zero-order valence-electron chi connectivity index (χ0n) is 12.6. The van der Waals surface area contributed by atoms with E-state index in [0.29, 0.717) is 31.1 Å². The molecule has 1 saturated heterocycles. The zero-order valence-corrected chi connectivity index (χ0v) is 13.4. The molecule has 0 radical (unpaired) electrons. The van der Waals surface area contributed by atoms with E-state index in [-0.39, 0.29) is 18.1 Å². The van der Waals surface area contributed by atoms with Gasteiger partial charge in [-0.3, -0.25) is 4.79 Å². The fraction of sp³-hybridized carbons (Fsp3) is 0.571. The van der Waals surface area contributed by atoms with Crippen LogP contribution in [-0.4, -0.2) is 50.0 Å². The summed E-state index contributed by atoms with van der Waals surface area (Å²) in [5.74, 6) is 0.141. The van der Waals surface area contributed by atoms with Crippen LogP contribution in [0.25, 0.3) is 0 Å². The number of hydrogen-bond acceptors (Lipinski definition) is 7. The van der Waals surface area contributed by atoms with Crippen molar-refractivity contribution in [3.8, 4) is 0 Å². The number of aryl methyl sites for hydroxylation is 1. The Bertz CT molecular complexity index is 714. The molecule has 0 bridgehead atoms. The lowest BCUT2D eigenvalue weighted by Crippen LogP contribution is -2.49. The Labute approximate surface area is 137 Å². The van der Waals surface area contributed by atoms with Crippen molar-refractivity contribution in [3.05, 3.63) is 23.0 Å². The van der Waals surface area contributed by atoms with E-state index >= 15 is 0 Å². The van der Waals surface area contributed by atoms with Gasteiger partial charge in [-0.1, -0.05) is 5.21 Å². The Morgan fingerprint density at radius 3 is 3.26 bits per heavy atom.